The van der Waals surface area contributed by atoms with E-state index in [1.54, 1.807) is 0 Å². The standard InChI is InChI=1S/C11H10F4N2O3/c1-2-16(6-11(13,14)15)10(18)8-5-7(17(19)20)3-4-9(8)12/h3-5H,2,6H2,1H3. The Morgan fingerprint density at radius 1 is 1.40 bits per heavy atom. The minimum Gasteiger partial charge on any atom is -0.330 e. The Hall–Kier alpha value is -2.19. The van der Waals surface area contributed by atoms with Crippen LogP contribution in [0.25, 0.3) is 0 Å². The molecule has 110 valence electrons. The number of amides is 1. The molecule has 0 radical (unpaired) electrons. The highest BCUT2D eigenvalue weighted by Gasteiger charge is 2.33. The van der Waals surface area contributed by atoms with E-state index in [0.29, 0.717) is 17.0 Å². The van der Waals surface area contributed by atoms with E-state index in [-0.39, 0.29) is 6.54 Å². The van der Waals surface area contributed by atoms with Gasteiger partial charge in [0.05, 0.1) is 10.5 Å². The molecule has 5 nitrogen and oxygen atoms in total. The van der Waals surface area contributed by atoms with Gasteiger partial charge in [-0.2, -0.15) is 13.2 Å². The largest absolute Gasteiger partial charge is 0.406 e. The molecule has 0 aromatic heterocycles. The lowest BCUT2D eigenvalue weighted by atomic mass is 10.1. The van der Waals surface area contributed by atoms with E-state index in [4.69, 9.17) is 0 Å². The predicted molar refractivity (Wildman–Crippen MR) is 60.7 cm³/mol. The van der Waals surface area contributed by atoms with Crippen LogP contribution >= 0.6 is 0 Å². The molecule has 0 aliphatic rings. The van der Waals surface area contributed by atoms with Gasteiger partial charge in [-0.1, -0.05) is 0 Å². The molecule has 1 aromatic rings. The molecule has 9 heteroatoms. The van der Waals surface area contributed by atoms with E-state index in [0.717, 1.165) is 6.07 Å². The van der Waals surface area contributed by atoms with Crippen LogP contribution in [0, 0.1) is 15.9 Å². The Balaban J connectivity index is 3.12. The SMILES string of the molecule is CCN(CC(F)(F)F)C(=O)c1cc([N+](=O)[O-])ccc1F. The monoisotopic (exact) mass is 294 g/mol. The average molecular weight is 294 g/mol. The molecule has 0 spiro atoms. The van der Waals surface area contributed by atoms with Crippen molar-refractivity contribution in [2.24, 2.45) is 0 Å². The van der Waals surface area contributed by atoms with Crippen LogP contribution in [0.2, 0.25) is 0 Å². The maximum atomic E-state index is 13.5. The second-order valence-electron chi connectivity index (χ2n) is 3.86. The second kappa shape index (κ2) is 5.85. The summed E-state index contributed by atoms with van der Waals surface area (Å²) in [5.74, 6) is -2.35. The number of nitrogens with zero attached hydrogens (tertiary/aromatic N) is 2. The van der Waals surface area contributed by atoms with Gasteiger partial charge in [-0.05, 0) is 13.0 Å². The summed E-state index contributed by atoms with van der Waals surface area (Å²) in [6.45, 7) is -0.566. The molecule has 0 heterocycles. The van der Waals surface area contributed by atoms with Crippen LogP contribution in [0.3, 0.4) is 0 Å². The molecule has 0 unspecified atom stereocenters. The van der Waals surface area contributed by atoms with E-state index < -0.39 is 40.6 Å². The highest BCUT2D eigenvalue weighted by Crippen LogP contribution is 2.21. The maximum absolute atomic E-state index is 13.5. The van der Waals surface area contributed by atoms with Crippen molar-refractivity contribution >= 4 is 11.6 Å². The molecule has 0 atom stereocenters. The van der Waals surface area contributed by atoms with Crippen molar-refractivity contribution in [3.05, 3.63) is 39.7 Å². The molecular formula is C11H10F4N2O3. The molecule has 1 aromatic carbocycles. The second-order valence-corrected chi connectivity index (χ2v) is 3.86. The number of benzene rings is 1. The van der Waals surface area contributed by atoms with Gasteiger partial charge in [0.2, 0.25) is 0 Å². The number of hydrogen-bond donors (Lipinski definition) is 0. The number of non-ortho nitro benzene ring substituents is 1. The molecule has 1 amide bonds. The van der Waals surface area contributed by atoms with Crippen LogP contribution in [0.15, 0.2) is 18.2 Å². The minimum atomic E-state index is -4.64. The van der Waals surface area contributed by atoms with Crippen molar-refractivity contribution < 1.29 is 27.3 Å². The zero-order valence-electron chi connectivity index (χ0n) is 10.3. The van der Waals surface area contributed by atoms with Crippen molar-refractivity contribution in [3.63, 3.8) is 0 Å². The van der Waals surface area contributed by atoms with Crippen molar-refractivity contribution in [3.8, 4) is 0 Å². The first-order valence-corrected chi connectivity index (χ1v) is 5.45. The van der Waals surface area contributed by atoms with Crippen LogP contribution in [0.1, 0.15) is 17.3 Å². The number of rotatable bonds is 4. The Bertz CT molecular complexity index is 531. The fourth-order valence-corrected chi connectivity index (χ4v) is 1.50. The van der Waals surface area contributed by atoms with Gasteiger partial charge in [0, 0.05) is 18.7 Å². The molecule has 20 heavy (non-hydrogen) atoms. The predicted octanol–water partition coefficient (Wildman–Crippen LogP) is 2.76. The summed E-state index contributed by atoms with van der Waals surface area (Å²) in [6, 6.07) is 2.12. The third kappa shape index (κ3) is 3.90. The number of carbonyl (C=O) groups is 1. The maximum Gasteiger partial charge on any atom is 0.406 e. The summed E-state index contributed by atoms with van der Waals surface area (Å²) in [5, 5.41) is 10.5. The van der Waals surface area contributed by atoms with E-state index in [1.165, 1.54) is 6.92 Å². The van der Waals surface area contributed by atoms with Gasteiger partial charge >= 0.3 is 6.18 Å². The van der Waals surface area contributed by atoms with Gasteiger partial charge in [0.15, 0.2) is 0 Å². The van der Waals surface area contributed by atoms with Gasteiger partial charge in [0.25, 0.3) is 11.6 Å². The first-order valence-electron chi connectivity index (χ1n) is 5.45. The molecule has 0 bridgehead atoms. The number of nitro groups is 1. The van der Waals surface area contributed by atoms with E-state index >= 15 is 0 Å². The number of hydrogen-bond acceptors (Lipinski definition) is 3. The molecule has 0 fully saturated rings. The smallest absolute Gasteiger partial charge is 0.330 e. The number of alkyl halides is 3. The lowest BCUT2D eigenvalue weighted by Gasteiger charge is -2.22. The van der Waals surface area contributed by atoms with Crippen LogP contribution in [0.5, 0.6) is 0 Å². The summed E-state index contributed by atoms with van der Waals surface area (Å²) in [7, 11) is 0. The highest BCUT2D eigenvalue weighted by molar-refractivity contribution is 5.95. The first kappa shape index (κ1) is 15.9. The average Bonchev–Trinajstić information content (AvgIpc) is 2.34. The summed E-state index contributed by atoms with van der Waals surface area (Å²) in [5.41, 5.74) is -1.33. The van der Waals surface area contributed by atoms with Gasteiger partial charge in [0.1, 0.15) is 12.4 Å². The van der Waals surface area contributed by atoms with Gasteiger partial charge in [-0.25, -0.2) is 4.39 Å². The zero-order valence-corrected chi connectivity index (χ0v) is 10.3. The first-order chi connectivity index (χ1) is 9.15. The van der Waals surface area contributed by atoms with E-state index in [2.05, 4.69) is 0 Å². The van der Waals surface area contributed by atoms with Crippen LogP contribution in [-0.4, -0.2) is 35.0 Å². The van der Waals surface area contributed by atoms with Gasteiger partial charge in [-0.15, -0.1) is 0 Å². The quantitative estimate of drug-likeness (QED) is 0.487. The van der Waals surface area contributed by atoms with Crippen LogP contribution < -0.4 is 0 Å². The fraction of sp³-hybridized carbons (Fsp3) is 0.364. The lowest BCUT2D eigenvalue weighted by Crippen LogP contribution is -2.39. The normalized spacial score (nSPS) is 11.2. The Labute approximate surface area is 110 Å². The van der Waals surface area contributed by atoms with E-state index in [9.17, 15) is 32.5 Å². The molecule has 0 aliphatic carbocycles. The molecule has 0 saturated carbocycles. The van der Waals surface area contributed by atoms with Crippen molar-refractivity contribution in [2.45, 2.75) is 13.1 Å². The zero-order chi connectivity index (χ0) is 15.5. The number of nitro benzene ring substituents is 1. The lowest BCUT2D eigenvalue weighted by molar-refractivity contribution is -0.384. The van der Waals surface area contributed by atoms with Gasteiger partial charge in [-0.3, -0.25) is 14.9 Å². The Kier molecular flexibility index (Phi) is 4.64. The van der Waals surface area contributed by atoms with Crippen LogP contribution in [0.4, 0.5) is 23.2 Å². The van der Waals surface area contributed by atoms with Gasteiger partial charge < -0.3 is 4.90 Å². The molecular weight excluding hydrogens is 284 g/mol. The Morgan fingerprint density at radius 2 is 2.00 bits per heavy atom. The van der Waals surface area contributed by atoms with Crippen molar-refractivity contribution in [2.75, 3.05) is 13.1 Å². The summed E-state index contributed by atoms with van der Waals surface area (Å²) >= 11 is 0. The Morgan fingerprint density at radius 3 is 2.45 bits per heavy atom. The third-order valence-corrected chi connectivity index (χ3v) is 2.43. The third-order valence-electron chi connectivity index (χ3n) is 2.43. The summed E-state index contributed by atoms with van der Waals surface area (Å²) in [6.07, 6.45) is -4.64. The minimum absolute atomic E-state index is 0.305. The highest BCUT2D eigenvalue weighted by atomic mass is 19.4. The van der Waals surface area contributed by atoms with E-state index in [1.807, 2.05) is 0 Å². The van der Waals surface area contributed by atoms with Crippen molar-refractivity contribution in [1.82, 2.24) is 4.90 Å². The van der Waals surface area contributed by atoms with Crippen LogP contribution in [-0.2, 0) is 0 Å². The summed E-state index contributed by atoms with van der Waals surface area (Å²) < 4.78 is 50.3. The number of halogens is 4. The van der Waals surface area contributed by atoms with Crippen molar-refractivity contribution in [1.29, 1.82) is 0 Å². The number of carbonyl (C=O) groups excluding carboxylic acids is 1. The molecule has 1 rings (SSSR count). The molecule has 0 aliphatic heterocycles. The molecule has 0 N–H and O–H groups in total. The summed E-state index contributed by atoms with van der Waals surface area (Å²) in [4.78, 5) is 21.8. The molecule has 0 saturated heterocycles. The topological polar surface area (TPSA) is 63.5 Å². The fourth-order valence-electron chi connectivity index (χ4n) is 1.50.